The maximum Gasteiger partial charge on any atom is 0.159 e. The summed E-state index contributed by atoms with van der Waals surface area (Å²) in [6, 6.07) is 16.1. The Labute approximate surface area is 155 Å². The molecule has 0 aromatic heterocycles. The van der Waals surface area contributed by atoms with Gasteiger partial charge in [0.05, 0.1) is 0 Å². The predicted octanol–water partition coefficient (Wildman–Crippen LogP) is 3.78. The second kappa shape index (κ2) is 8.68. The second-order valence-electron chi connectivity index (χ2n) is 6.57. The number of benzene rings is 2. The van der Waals surface area contributed by atoms with Crippen LogP contribution < -0.4 is 9.64 Å². The number of hydrogen-bond donors (Lipinski definition) is 0. The van der Waals surface area contributed by atoms with Crippen molar-refractivity contribution in [1.82, 2.24) is 4.90 Å². The van der Waals surface area contributed by atoms with Crippen LogP contribution >= 0.6 is 0 Å². The molecule has 3 rings (SSSR count). The number of rotatable bonds is 7. The number of carbonyl (C=O) groups is 1. The highest BCUT2D eigenvalue weighted by Gasteiger charge is 2.18. The van der Waals surface area contributed by atoms with E-state index in [1.807, 2.05) is 36.4 Å². The monoisotopic (exact) mass is 350 g/mol. The lowest BCUT2D eigenvalue weighted by atomic mass is 10.1. The lowest BCUT2D eigenvalue weighted by Crippen LogP contribution is -2.46. The van der Waals surface area contributed by atoms with Crippen molar-refractivity contribution in [3.05, 3.63) is 72.3 Å². The zero-order chi connectivity index (χ0) is 18.4. The SMILES string of the molecule is C=CCOc1ccccc1CN1CCN(c2ccc(C(C)=O)cc2)CC1. The maximum absolute atomic E-state index is 11.4. The van der Waals surface area contributed by atoms with Gasteiger partial charge in [-0.2, -0.15) is 0 Å². The third-order valence-corrected chi connectivity index (χ3v) is 4.73. The molecule has 0 atom stereocenters. The molecule has 4 nitrogen and oxygen atoms in total. The highest BCUT2D eigenvalue weighted by Crippen LogP contribution is 2.22. The van der Waals surface area contributed by atoms with Crippen LogP contribution in [0.1, 0.15) is 22.8 Å². The summed E-state index contributed by atoms with van der Waals surface area (Å²) >= 11 is 0. The number of nitrogens with zero attached hydrogens (tertiary/aromatic N) is 2. The van der Waals surface area contributed by atoms with E-state index in [2.05, 4.69) is 28.5 Å². The van der Waals surface area contributed by atoms with E-state index < -0.39 is 0 Å². The zero-order valence-corrected chi connectivity index (χ0v) is 15.4. The van der Waals surface area contributed by atoms with Crippen LogP contribution in [0.3, 0.4) is 0 Å². The molecule has 0 spiro atoms. The van der Waals surface area contributed by atoms with E-state index in [1.54, 1.807) is 13.0 Å². The van der Waals surface area contributed by atoms with Crippen molar-refractivity contribution in [2.45, 2.75) is 13.5 Å². The van der Waals surface area contributed by atoms with Crippen LogP contribution in [0.15, 0.2) is 61.2 Å². The third-order valence-electron chi connectivity index (χ3n) is 4.73. The van der Waals surface area contributed by atoms with Crippen molar-refractivity contribution >= 4 is 11.5 Å². The molecular weight excluding hydrogens is 324 g/mol. The Bertz CT molecular complexity index is 747. The molecule has 26 heavy (non-hydrogen) atoms. The molecule has 0 radical (unpaired) electrons. The van der Waals surface area contributed by atoms with E-state index >= 15 is 0 Å². The lowest BCUT2D eigenvalue weighted by Gasteiger charge is -2.36. The average molecular weight is 350 g/mol. The molecule has 0 unspecified atom stereocenters. The van der Waals surface area contributed by atoms with Crippen LogP contribution in [0, 0.1) is 0 Å². The van der Waals surface area contributed by atoms with E-state index in [0.717, 1.165) is 44.0 Å². The van der Waals surface area contributed by atoms with Gasteiger partial charge >= 0.3 is 0 Å². The Morgan fingerprint density at radius 1 is 1.08 bits per heavy atom. The molecule has 0 aliphatic carbocycles. The normalized spacial score (nSPS) is 14.9. The summed E-state index contributed by atoms with van der Waals surface area (Å²) in [4.78, 5) is 16.2. The van der Waals surface area contributed by atoms with Gasteiger partial charge in [0.1, 0.15) is 12.4 Å². The van der Waals surface area contributed by atoms with E-state index in [-0.39, 0.29) is 5.78 Å². The van der Waals surface area contributed by atoms with Gasteiger partial charge < -0.3 is 9.64 Å². The molecule has 0 saturated carbocycles. The van der Waals surface area contributed by atoms with Gasteiger partial charge in [0, 0.05) is 49.5 Å². The molecule has 4 heteroatoms. The molecular formula is C22H26N2O2. The van der Waals surface area contributed by atoms with E-state index in [1.165, 1.54) is 11.3 Å². The first-order chi connectivity index (χ1) is 12.7. The standard InChI is InChI=1S/C22H26N2O2/c1-3-16-26-22-7-5-4-6-20(22)17-23-12-14-24(15-13-23)21-10-8-19(9-11-21)18(2)25/h3-11H,1,12-17H2,2H3. The summed E-state index contributed by atoms with van der Waals surface area (Å²) in [7, 11) is 0. The number of Topliss-reactive ketones (excluding diaryl/α,β-unsaturated/α-hetero) is 1. The molecule has 1 heterocycles. The third kappa shape index (κ3) is 4.52. The fourth-order valence-corrected chi connectivity index (χ4v) is 3.24. The molecule has 1 aliphatic heterocycles. The smallest absolute Gasteiger partial charge is 0.159 e. The Balaban J connectivity index is 1.57. The predicted molar refractivity (Wildman–Crippen MR) is 106 cm³/mol. The van der Waals surface area contributed by atoms with Crippen molar-refractivity contribution in [1.29, 1.82) is 0 Å². The minimum Gasteiger partial charge on any atom is -0.489 e. The topological polar surface area (TPSA) is 32.8 Å². The fraction of sp³-hybridized carbons (Fsp3) is 0.318. The second-order valence-corrected chi connectivity index (χ2v) is 6.57. The maximum atomic E-state index is 11.4. The number of carbonyl (C=O) groups excluding carboxylic acids is 1. The molecule has 1 fully saturated rings. The van der Waals surface area contributed by atoms with Crippen LogP contribution in [0.5, 0.6) is 5.75 Å². The number of piperazine rings is 1. The molecule has 2 aromatic carbocycles. The van der Waals surface area contributed by atoms with Crippen LogP contribution in [0.25, 0.3) is 0 Å². The van der Waals surface area contributed by atoms with E-state index in [9.17, 15) is 4.79 Å². The molecule has 0 amide bonds. The highest BCUT2D eigenvalue weighted by molar-refractivity contribution is 5.94. The Morgan fingerprint density at radius 3 is 2.42 bits per heavy atom. The van der Waals surface area contributed by atoms with Gasteiger partial charge in [-0.1, -0.05) is 30.9 Å². The van der Waals surface area contributed by atoms with Crippen molar-refractivity contribution in [3.8, 4) is 5.75 Å². The number of para-hydroxylation sites is 1. The molecule has 0 N–H and O–H groups in total. The van der Waals surface area contributed by atoms with Crippen molar-refractivity contribution in [2.75, 3.05) is 37.7 Å². The van der Waals surface area contributed by atoms with Gasteiger partial charge in [0.25, 0.3) is 0 Å². The lowest BCUT2D eigenvalue weighted by molar-refractivity contribution is 0.101. The van der Waals surface area contributed by atoms with Crippen LogP contribution in [-0.2, 0) is 6.54 Å². The molecule has 2 aromatic rings. The van der Waals surface area contributed by atoms with Gasteiger partial charge in [0.2, 0.25) is 0 Å². The first kappa shape index (κ1) is 18.2. The molecule has 136 valence electrons. The summed E-state index contributed by atoms with van der Waals surface area (Å²) in [5.74, 6) is 1.05. The fourth-order valence-electron chi connectivity index (χ4n) is 3.24. The van der Waals surface area contributed by atoms with Crippen LogP contribution in [0.4, 0.5) is 5.69 Å². The summed E-state index contributed by atoms with van der Waals surface area (Å²) in [5, 5.41) is 0. The van der Waals surface area contributed by atoms with E-state index in [0.29, 0.717) is 6.61 Å². The molecule has 1 aliphatic rings. The minimum atomic E-state index is 0.110. The zero-order valence-electron chi connectivity index (χ0n) is 15.4. The Kier molecular flexibility index (Phi) is 6.08. The van der Waals surface area contributed by atoms with Gasteiger partial charge in [-0.3, -0.25) is 9.69 Å². The first-order valence-electron chi connectivity index (χ1n) is 9.07. The Morgan fingerprint density at radius 2 is 1.77 bits per heavy atom. The largest absolute Gasteiger partial charge is 0.489 e. The minimum absolute atomic E-state index is 0.110. The first-order valence-corrected chi connectivity index (χ1v) is 9.07. The van der Waals surface area contributed by atoms with Gasteiger partial charge in [-0.25, -0.2) is 0 Å². The average Bonchev–Trinajstić information content (AvgIpc) is 2.68. The summed E-state index contributed by atoms with van der Waals surface area (Å²) in [5.41, 5.74) is 3.17. The van der Waals surface area contributed by atoms with Gasteiger partial charge in [-0.15, -0.1) is 0 Å². The highest BCUT2D eigenvalue weighted by atomic mass is 16.5. The number of anilines is 1. The molecule has 1 saturated heterocycles. The van der Waals surface area contributed by atoms with Gasteiger partial charge in [0.15, 0.2) is 5.78 Å². The summed E-state index contributed by atoms with van der Waals surface area (Å²) < 4.78 is 5.77. The summed E-state index contributed by atoms with van der Waals surface area (Å²) in [6.45, 7) is 10.7. The summed E-state index contributed by atoms with van der Waals surface area (Å²) in [6.07, 6.45) is 1.77. The molecule has 0 bridgehead atoms. The Hall–Kier alpha value is -2.59. The van der Waals surface area contributed by atoms with Crippen molar-refractivity contribution < 1.29 is 9.53 Å². The number of ketones is 1. The number of ether oxygens (including phenoxy) is 1. The van der Waals surface area contributed by atoms with Crippen molar-refractivity contribution in [2.24, 2.45) is 0 Å². The van der Waals surface area contributed by atoms with Crippen LogP contribution in [0.2, 0.25) is 0 Å². The van der Waals surface area contributed by atoms with Gasteiger partial charge in [-0.05, 0) is 37.3 Å². The number of hydrogen-bond acceptors (Lipinski definition) is 4. The van der Waals surface area contributed by atoms with Crippen molar-refractivity contribution in [3.63, 3.8) is 0 Å². The quantitative estimate of drug-likeness (QED) is 0.562. The van der Waals surface area contributed by atoms with E-state index in [4.69, 9.17) is 4.74 Å². The van der Waals surface area contributed by atoms with Crippen LogP contribution in [-0.4, -0.2) is 43.5 Å².